The number of rotatable bonds is 10. The Bertz CT molecular complexity index is 1360. The fourth-order valence-corrected chi connectivity index (χ4v) is 5.26. The van der Waals surface area contributed by atoms with Crippen LogP contribution in [-0.2, 0) is 16.0 Å². The molecule has 208 valence electrons. The van der Waals surface area contributed by atoms with Gasteiger partial charge >= 0.3 is 5.63 Å². The standard InChI is InChI=1S/C30H39N5O4/c1-20-23(32-25(36)16-13-21-10-6-5-7-11-21)14-15-24-26(20)27(37)39-29(33-24)34-30(2,3)28(38)35(4)19-17-22-12-8-9-18-31-22/h8-9,12,14-15,18,21H,5-7,10-11,13,16-17,19H2,1-4H3,(H,32,36)(H,33,34). The first-order valence-electron chi connectivity index (χ1n) is 13.8. The lowest BCUT2D eigenvalue weighted by atomic mass is 9.86. The first-order valence-corrected chi connectivity index (χ1v) is 13.8. The van der Waals surface area contributed by atoms with Crippen LogP contribution in [-0.4, -0.2) is 45.8 Å². The predicted octanol–water partition coefficient (Wildman–Crippen LogP) is 5.08. The Kier molecular flexibility index (Phi) is 8.99. The molecule has 2 N–H and O–H groups in total. The molecule has 1 aliphatic rings. The molecule has 1 fully saturated rings. The van der Waals surface area contributed by atoms with Crippen LogP contribution in [0.3, 0.4) is 0 Å². The van der Waals surface area contributed by atoms with E-state index >= 15 is 0 Å². The molecule has 1 aromatic carbocycles. The van der Waals surface area contributed by atoms with Crippen LogP contribution in [0.4, 0.5) is 11.7 Å². The first kappa shape index (κ1) is 28.3. The zero-order chi connectivity index (χ0) is 28.0. The van der Waals surface area contributed by atoms with Crippen molar-refractivity contribution in [3.63, 3.8) is 0 Å². The maximum Gasteiger partial charge on any atom is 0.348 e. The highest BCUT2D eigenvalue weighted by Gasteiger charge is 2.32. The largest absolute Gasteiger partial charge is 0.389 e. The van der Waals surface area contributed by atoms with Crippen molar-refractivity contribution in [2.75, 3.05) is 24.2 Å². The highest BCUT2D eigenvalue weighted by molar-refractivity contribution is 5.96. The molecule has 0 unspecified atom stereocenters. The summed E-state index contributed by atoms with van der Waals surface area (Å²) in [7, 11) is 1.73. The Labute approximate surface area is 229 Å². The van der Waals surface area contributed by atoms with Gasteiger partial charge < -0.3 is 20.0 Å². The molecule has 0 saturated heterocycles. The van der Waals surface area contributed by atoms with E-state index < -0.39 is 11.2 Å². The summed E-state index contributed by atoms with van der Waals surface area (Å²) in [6.07, 6.45) is 9.93. The number of aryl methyl sites for hydroxylation is 1. The summed E-state index contributed by atoms with van der Waals surface area (Å²) in [6, 6.07) is 9.11. The zero-order valence-corrected chi connectivity index (χ0v) is 23.4. The quantitative estimate of drug-likeness (QED) is 0.373. The van der Waals surface area contributed by atoms with E-state index in [0.29, 0.717) is 47.5 Å². The number of nitrogens with zero attached hydrogens (tertiary/aromatic N) is 3. The fourth-order valence-electron chi connectivity index (χ4n) is 5.26. The Morgan fingerprint density at radius 2 is 1.90 bits per heavy atom. The van der Waals surface area contributed by atoms with Crippen molar-refractivity contribution in [3.8, 4) is 0 Å². The molecular formula is C30H39N5O4. The fraction of sp³-hybridized carbons (Fsp3) is 0.500. The minimum Gasteiger partial charge on any atom is -0.389 e. The number of pyridine rings is 1. The van der Waals surface area contributed by atoms with Gasteiger partial charge in [-0.25, -0.2) is 4.79 Å². The zero-order valence-electron chi connectivity index (χ0n) is 23.4. The predicted molar refractivity (Wildman–Crippen MR) is 153 cm³/mol. The summed E-state index contributed by atoms with van der Waals surface area (Å²) in [6.45, 7) is 5.70. The van der Waals surface area contributed by atoms with Gasteiger partial charge in [-0.3, -0.25) is 14.6 Å². The highest BCUT2D eigenvalue weighted by Crippen LogP contribution is 2.28. The number of carbonyl (C=O) groups is 2. The molecule has 0 spiro atoms. The SMILES string of the molecule is Cc1c(NC(=O)CCC2CCCCC2)ccc2nc(NC(C)(C)C(=O)N(C)CCc3ccccn3)oc(=O)c12. The summed E-state index contributed by atoms with van der Waals surface area (Å²) < 4.78 is 5.48. The lowest BCUT2D eigenvalue weighted by Gasteiger charge is -2.30. The molecule has 3 aromatic rings. The van der Waals surface area contributed by atoms with Gasteiger partial charge in [-0.2, -0.15) is 4.98 Å². The van der Waals surface area contributed by atoms with Crippen molar-refractivity contribution < 1.29 is 14.0 Å². The third-order valence-corrected chi connectivity index (χ3v) is 7.57. The lowest BCUT2D eigenvalue weighted by Crippen LogP contribution is -2.49. The highest BCUT2D eigenvalue weighted by atomic mass is 16.4. The van der Waals surface area contributed by atoms with Gasteiger partial charge in [0.1, 0.15) is 5.54 Å². The topological polar surface area (TPSA) is 117 Å². The number of carbonyl (C=O) groups excluding carboxylic acids is 2. The molecule has 2 aromatic heterocycles. The van der Waals surface area contributed by atoms with Crippen LogP contribution >= 0.6 is 0 Å². The molecule has 9 nitrogen and oxygen atoms in total. The normalized spacial score (nSPS) is 14.3. The Morgan fingerprint density at radius 3 is 2.62 bits per heavy atom. The molecule has 39 heavy (non-hydrogen) atoms. The average Bonchev–Trinajstić information content (AvgIpc) is 2.92. The van der Waals surface area contributed by atoms with E-state index in [2.05, 4.69) is 20.6 Å². The minimum atomic E-state index is -1.07. The van der Waals surface area contributed by atoms with Crippen LogP contribution in [0.25, 0.3) is 10.9 Å². The summed E-state index contributed by atoms with van der Waals surface area (Å²) in [5, 5.41) is 6.25. The Balaban J connectivity index is 1.41. The number of likely N-dealkylation sites (N-methyl/N-ethyl adjacent to an activating group) is 1. The van der Waals surface area contributed by atoms with Crippen molar-refractivity contribution in [3.05, 3.63) is 58.2 Å². The van der Waals surface area contributed by atoms with Gasteiger partial charge in [0, 0.05) is 44.0 Å². The molecule has 1 aliphatic carbocycles. The van der Waals surface area contributed by atoms with E-state index in [9.17, 15) is 14.4 Å². The number of benzene rings is 1. The van der Waals surface area contributed by atoms with Crippen molar-refractivity contribution in [2.24, 2.45) is 5.92 Å². The summed E-state index contributed by atoms with van der Waals surface area (Å²) in [5.74, 6) is 0.401. The van der Waals surface area contributed by atoms with Crippen LogP contribution < -0.4 is 16.3 Å². The van der Waals surface area contributed by atoms with E-state index in [4.69, 9.17) is 4.42 Å². The van der Waals surface area contributed by atoms with Gasteiger partial charge in [0.15, 0.2) is 0 Å². The summed E-state index contributed by atoms with van der Waals surface area (Å²) in [4.78, 5) is 49.1. The van der Waals surface area contributed by atoms with E-state index in [0.717, 1.165) is 12.1 Å². The molecule has 0 bridgehead atoms. The average molecular weight is 534 g/mol. The minimum absolute atomic E-state index is 0.0346. The van der Waals surface area contributed by atoms with E-state index in [1.807, 2.05) is 18.2 Å². The van der Waals surface area contributed by atoms with E-state index in [-0.39, 0.29) is 17.8 Å². The van der Waals surface area contributed by atoms with E-state index in [1.165, 1.54) is 32.1 Å². The summed E-state index contributed by atoms with van der Waals surface area (Å²) >= 11 is 0. The van der Waals surface area contributed by atoms with Gasteiger partial charge in [0.25, 0.3) is 6.01 Å². The molecule has 0 radical (unpaired) electrons. The van der Waals surface area contributed by atoms with Crippen LogP contribution in [0.1, 0.15) is 70.1 Å². The van der Waals surface area contributed by atoms with Gasteiger partial charge in [0.05, 0.1) is 10.9 Å². The van der Waals surface area contributed by atoms with Crippen molar-refractivity contribution in [1.29, 1.82) is 0 Å². The number of nitrogens with one attached hydrogen (secondary N) is 2. The number of amides is 2. The van der Waals surface area contributed by atoms with Gasteiger partial charge in [-0.05, 0) is 62.9 Å². The molecule has 0 atom stereocenters. The number of hydrogen-bond donors (Lipinski definition) is 2. The molecule has 1 saturated carbocycles. The number of hydrogen-bond acceptors (Lipinski definition) is 7. The van der Waals surface area contributed by atoms with Gasteiger partial charge in [0.2, 0.25) is 11.8 Å². The smallest absolute Gasteiger partial charge is 0.348 e. The van der Waals surface area contributed by atoms with E-state index in [1.54, 1.807) is 51.0 Å². The van der Waals surface area contributed by atoms with Crippen LogP contribution in [0.15, 0.2) is 45.7 Å². The third kappa shape index (κ3) is 7.22. The molecule has 0 aliphatic heterocycles. The summed E-state index contributed by atoms with van der Waals surface area (Å²) in [5.41, 5.74) is 0.868. The Morgan fingerprint density at radius 1 is 1.13 bits per heavy atom. The number of fused-ring (bicyclic) bond motifs is 1. The number of aromatic nitrogens is 2. The van der Waals surface area contributed by atoms with Crippen LogP contribution in [0, 0.1) is 12.8 Å². The van der Waals surface area contributed by atoms with Crippen molar-refractivity contribution in [2.45, 2.75) is 77.7 Å². The van der Waals surface area contributed by atoms with Gasteiger partial charge in [-0.1, -0.05) is 38.2 Å². The molecular weight excluding hydrogens is 494 g/mol. The van der Waals surface area contributed by atoms with Crippen molar-refractivity contribution >= 4 is 34.4 Å². The van der Waals surface area contributed by atoms with Crippen LogP contribution in [0.2, 0.25) is 0 Å². The second kappa shape index (κ2) is 12.4. The second-order valence-corrected chi connectivity index (χ2v) is 11.1. The van der Waals surface area contributed by atoms with Crippen LogP contribution in [0.5, 0.6) is 0 Å². The first-order chi connectivity index (χ1) is 18.6. The maximum absolute atomic E-state index is 13.1. The second-order valence-electron chi connectivity index (χ2n) is 11.1. The maximum atomic E-state index is 13.1. The third-order valence-electron chi connectivity index (χ3n) is 7.57. The molecule has 2 amide bonds. The molecule has 9 heteroatoms. The van der Waals surface area contributed by atoms with Gasteiger partial charge in [-0.15, -0.1) is 0 Å². The van der Waals surface area contributed by atoms with Crippen molar-refractivity contribution in [1.82, 2.24) is 14.9 Å². The molecule has 2 heterocycles. The number of anilines is 2. The lowest BCUT2D eigenvalue weighted by molar-refractivity contribution is -0.133. The molecule has 4 rings (SSSR count). The Hall–Kier alpha value is -3.75. The monoisotopic (exact) mass is 533 g/mol.